The van der Waals surface area contributed by atoms with Gasteiger partial charge in [-0.1, -0.05) is 19.3 Å². The number of carbonyl (C=O) groups is 1. The number of amides is 1. The van der Waals surface area contributed by atoms with E-state index in [0.717, 1.165) is 45.2 Å². The average molecular weight is 437 g/mol. The molecule has 0 bridgehead atoms. The number of carbonyl (C=O) groups excluding carboxylic acids is 1. The Morgan fingerprint density at radius 1 is 1.13 bits per heavy atom. The van der Waals surface area contributed by atoms with E-state index in [1.165, 1.54) is 32.1 Å². The van der Waals surface area contributed by atoms with Crippen LogP contribution in [0.4, 0.5) is 0 Å². The third-order valence-electron chi connectivity index (χ3n) is 4.71. The van der Waals surface area contributed by atoms with Crippen LogP contribution in [0.2, 0.25) is 0 Å². The number of hydrogen-bond acceptors (Lipinski definition) is 3. The van der Waals surface area contributed by atoms with Crippen molar-refractivity contribution in [1.82, 2.24) is 20.4 Å². The predicted octanol–water partition coefficient (Wildman–Crippen LogP) is 1.27. The zero-order valence-electron chi connectivity index (χ0n) is 14.5. The number of nitrogens with one attached hydrogen (secondary N) is 2. The molecular weight excluding hydrogens is 405 g/mol. The molecule has 0 spiro atoms. The van der Waals surface area contributed by atoms with E-state index in [9.17, 15) is 4.79 Å². The number of piperazine rings is 1. The molecular formula is C16H32IN5O. The minimum Gasteiger partial charge on any atom is -0.355 e. The fourth-order valence-electron chi connectivity index (χ4n) is 3.25. The van der Waals surface area contributed by atoms with Gasteiger partial charge in [-0.3, -0.25) is 14.7 Å². The van der Waals surface area contributed by atoms with Crippen molar-refractivity contribution in [3.63, 3.8) is 0 Å². The topological polar surface area (TPSA) is 60.0 Å². The van der Waals surface area contributed by atoms with Crippen LogP contribution in [0.3, 0.4) is 0 Å². The van der Waals surface area contributed by atoms with Crippen LogP contribution < -0.4 is 10.6 Å². The molecule has 2 aliphatic rings. The molecule has 23 heavy (non-hydrogen) atoms. The van der Waals surface area contributed by atoms with Gasteiger partial charge in [-0.25, -0.2) is 0 Å². The van der Waals surface area contributed by atoms with E-state index >= 15 is 0 Å². The number of guanidine groups is 1. The van der Waals surface area contributed by atoms with E-state index in [2.05, 4.69) is 20.5 Å². The van der Waals surface area contributed by atoms with Gasteiger partial charge in [0.1, 0.15) is 0 Å². The van der Waals surface area contributed by atoms with Crippen LogP contribution in [0, 0.1) is 0 Å². The molecule has 1 aliphatic heterocycles. The maximum absolute atomic E-state index is 11.3. The lowest BCUT2D eigenvalue weighted by molar-refractivity contribution is -0.130. The highest BCUT2D eigenvalue weighted by molar-refractivity contribution is 14.0. The smallest absolute Gasteiger partial charge is 0.219 e. The van der Waals surface area contributed by atoms with Gasteiger partial charge in [0.2, 0.25) is 5.91 Å². The van der Waals surface area contributed by atoms with Crippen molar-refractivity contribution in [3.05, 3.63) is 0 Å². The molecule has 0 aromatic carbocycles. The molecule has 1 heterocycles. The fourth-order valence-corrected chi connectivity index (χ4v) is 3.25. The Labute approximate surface area is 157 Å². The summed E-state index contributed by atoms with van der Waals surface area (Å²) in [5.74, 6) is 1.11. The first-order valence-corrected chi connectivity index (χ1v) is 8.64. The van der Waals surface area contributed by atoms with Gasteiger partial charge in [-0.05, 0) is 12.8 Å². The van der Waals surface area contributed by atoms with Gasteiger partial charge >= 0.3 is 0 Å². The second-order valence-electron chi connectivity index (χ2n) is 6.33. The second kappa shape index (κ2) is 11.1. The molecule has 0 aromatic rings. The minimum absolute atomic E-state index is 0. The highest BCUT2D eigenvalue weighted by Gasteiger charge is 2.18. The summed E-state index contributed by atoms with van der Waals surface area (Å²) in [5.41, 5.74) is 0. The highest BCUT2D eigenvalue weighted by Crippen LogP contribution is 2.17. The summed E-state index contributed by atoms with van der Waals surface area (Å²) in [6.07, 6.45) is 6.54. The van der Waals surface area contributed by atoms with E-state index in [0.29, 0.717) is 6.04 Å². The lowest BCUT2D eigenvalue weighted by Gasteiger charge is -2.34. The number of nitrogens with zero attached hydrogens (tertiary/aromatic N) is 3. The van der Waals surface area contributed by atoms with E-state index < -0.39 is 0 Å². The third-order valence-corrected chi connectivity index (χ3v) is 4.71. The predicted molar refractivity (Wildman–Crippen MR) is 105 cm³/mol. The normalized spacial score (nSPS) is 20.8. The molecule has 2 fully saturated rings. The maximum atomic E-state index is 11.3. The number of rotatable bonds is 4. The monoisotopic (exact) mass is 437 g/mol. The molecule has 1 aliphatic carbocycles. The molecule has 1 amide bonds. The van der Waals surface area contributed by atoms with Crippen molar-refractivity contribution >= 4 is 35.8 Å². The van der Waals surface area contributed by atoms with E-state index in [4.69, 9.17) is 0 Å². The Morgan fingerprint density at radius 2 is 1.78 bits per heavy atom. The van der Waals surface area contributed by atoms with E-state index in [1.807, 2.05) is 11.9 Å². The van der Waals surface area contributed by atoms with Crippen LogP contribution in [0.25, 0.3) is 0 Å². The number of aliphatic imine (C=N–C) groups is 1. The van der Waals surface area contributed by atoms with Crippen molar-refractivity contribution < 1.29 is 4.79 Å². The summed E-state index contributed by atoms with van der Waals surface area (Å²) >= 11 is 0. The zero-order chi connectivity index (χ0) is 15.8. The van der Waals surface area contributed by atoms with E-state index in [1.54, 1.807) is 6.92 Å². The fraction of sp³-hybridized carbons (Fsp3) is 0.875. The van der Waals surface area contributed by atoms with Gasteiger partial charge in [0.25, 0.3) is 0 Å². The Balaban J connectivity index is 0.00000264. The summed E-state index contributed by atoms with van der Waals surface area (Å²) in [6.45, 7) is 7.18. The van der Waals surface area contributed by atoms with Gasteiger partial charge in [0, 0.05) is 59.3 Å². The van der Waals surface area contributed by atoms with Gasteiger partial charge < -0.3 is 15.5 Å². The van der Waals surface area contributed by atoms with Gasteiger partial charge in [-0.15, -0.1) is 24.0 Å². The number of halogens is 1. The van der Waals surface area contributed by atoms with Gasteiger partial charge in [0.15, 0.2) is 5.96 Å². The quantitative estimate of drug-likeness (QED) is 0.395. The summed E-state index contributed by atoms with van der Waals surface area (Å²) in [6, 6.07) is 0.582. The first-order valence-electron chi connectivity index (χ1n) is 8.64. The molecule has 7 heteroatoms. The highest BCUT2D eigenvalue weighted by atomic mass is 127. The SMILES string of the molecule is CN=C(NCCN1CCN(C(C)=O)CC1)NC1CCCCC1.I. The first kappa shape index (κ1) is 20.5. The van der Waals surface area contributed by atoms with Crippen molar-refractivity contribution in [2.24, 2.45) is 4.99 Å². The molecule has 0 unspecified atom stereocenters. The standard InChI is InChI=1S/C16H31N5O.HI/c1-14(22)21-12-10-20(11-13-21)9-8-18-16(17-2)19-15-6-4-3-5-7-15;/h15H,3-13H2,1-2H3,(H2,17,18,19);1H. The first-order chi connectivity index (χ1) is 10.7. The van der Waals surface area contributed by atoms with Crippen molar-refractivity contribution in [1.29, 1.82) is 0 Å². The van der Waals surface area contributed by atoms with Crippen LogP contribution in [0.5, 0.6) is 0 Å². The molecule has 134 valence electrons. The molecule has 1 saturated carbocycles. The molecule has 2 rings (SSSR count). The largest absolute Gasteiger partial charge is 0.355 e. The summed E-state index contributed by atoms with van der Waals surface area (Å²) in [4.78, 5) is 20.0. The number of hydrogen-bond donors (Lipinski definition) is 2. The van der Waals surface area contributed by atoms with Gasteiger partial charge in [-0.2, -0.15) is 0 Å². The minimum atomic E-state index is 0. The van der Waals surface area contributed by atoms with Crippen molar-refractivity contribution in [2.75, 3.05) is 46.3 Å². The van der Waals surface area contributed by atoms with Crippen LogP contribution in [-0.4, -0.2) is 74.0 Å². The molecule has 0 aromatic heterocycles. The Morgan fingerprint density at radius 3 is 2.35 bits per heavy atom. The van der Waals surface area contributed by atoms with Crippen LogP contribution in [0.1, 0.15) is 39.0 Å². The van der Waals surface area contributed by atoms with Crippen LogP contribution >= 0.6 is 24.0 Å². The summed E-state index contributed by atoms with van der Waals surface area (Å²) < 4.78 is 0. The Bertz CT molecular complexity index is 377. The van der Waals surface area contributed by atoms with Crippen LogP contribution in [-0.2, 0) is 4.79 Å². The van der Waals surface area contributed by atoms with E-state index in [-0.39, 0.29) is 29.9 Å². The van der Waals surface area contributed by atoms with Gasteiger partial charge in [0.05, 0.1) is 0 Å². The molecule has 0 radical (unpaired) electrons. The lowest BCUT2D eigenvalue weighted by Crippen LogP contribution is -2.51. The molecule has 1 saturated heterocycles. The maximum Gasteiger partial charge on any atom is 0.219 e. The molecule has 2 N–H and O–H groups in total. The molecule has 0 atom stereocenters. The zero-order valence-corrected chi connectivity index (χ0v) is 16.8. The van der Waals surface area contributed by atoms with Crippen molar-refractivity contribution in [2.45, 2.75) is 45.1 Å². The Kier molecular flexibility index (Phi) is 9.85. The third kappa shape index (κ3) is 7.24. The molecule has 6 nitrogen and oxygen atoms in total. The lowest BCUT2D eigenvalue weighted by atomic mass is 9.96. The Hall–Kier alpha value is -0.570. The van der Waals surface area contributed by atoms with Crippen molar-refractivity contribution in [3.8, 4) is 0 Å². The second-order valence-corrected chi connectivity index (χ2v) is 6.33. The van der Waals surface area contributed by atoms with Crippen LogP contribution in [0.15, 0.2) is 4.99 Å². The average Bonchev–Trinajstić information content (AvgIpc) is 2.55. The summed E-state index contributed by atoms with van der Waals surface area (Å²) in [7, 11) is 1.84. The summed E-state index contributed by atoms with van der Waals surface area (Å²) in [5, 5.41) is 6.95.